The van der Waals surface area contributed by atoms with Gasteiger partial charge in [0.25, 0.3) is 0 Å². The van der Waals surface area contributed by atoms with Gasteiger partial charge in [-0.25, -0.2) is 0 Å². The molecule has 0 atom stereocenters. The first kappa shape index (κ1) is 10.3. The Bertz CT molecular complexity index is 190. The molecule has 0 radical (unpaired) electrons. The van der Waals surface area contributed by atoms with Crippen LogP contribution in [0.25, 0.3) is 0 Å². The average molecular weight is 172 g/mol. The highest BCUT2D eigenvalue weighted by atomic mass is 35.5. The first-order valence-electron chi connectivity index (χ1n) is 3.66. The van der Waals surface area contributed by atoms with Gasteiger partial charge in [-0.15, -0.1) is 0 Å². The maximum absolute atomic E-state index is 5.77. The van der Waals surface area contributed by atoms with Crippen molar-refractivity contribution in [1.82, 2.24) is 0 Å². The van der Waals surface area contributed by atoms with Crippen molar-refractivity contribution in [3.8, 4) is 0 Å². The summed E-state index contributed by atoms with van der Waals surface area (Å²) in [4.78, 5) is 0. The number of allylic oxidation sites excluding steroid dienone is 5. The number of nitrogens with two attached hydrogens (primary N) is 1. The SMILES string of the molecule is C\C=C(N)/C=C\C(Cl)=C/CC. The van der Waals surface area contributed by atoms with E-state index in [1.165, 1.54) is 0 Å². The van der Waals surface area contributed by atoms with Gasteiger partial charge in [-0.05, 0) is 25.5 Å². The number of hydrogen-bond acceptors (Lipinski definition) is 1. The molecule has 62 valence electrons. The van der Waals surface area contributed by atoms with Crippen LogP contribution < -0.4 is 5.73 Å². The summed E-state index contributed by atoms with van der Waals surface area (Å²) in [5.74, 6) is 0. The number of rotatable bonds is 3. The van der Waals surface area contributed by atoms with Crippen molar-refractivity contribution in [2.45, 2.75) is 20.3 Å². The molecule has 0 bridgehead atoms. The highest BCUT2D eigenvalue weighted by molar-refractivity contribution is 6.31. The maximum Gasteiger partial charge on any atom is 0.0366 e. The molecule has 0 heterocycles. The summed E-state index contributed by atoms with van der Waals surface area (Å²) in [6, 6.07) is 0. The second-order valence-corrected chi connectivity index (χ2v) is 2.56. The van der Waals surface area contributed by atoms with E-state index in [2.05, 4.69) is 0 Å². The molecule has 2 N–H and O–H groups in total. The Labute approximate surface area is 73.2 Å². The minimum Gasteiger partial charge on any atom is -0.399 e. The molecule has 0 aliphatic heterocycles. The van der Waals surface area contributed by atoms with Crippen LogP contribution in [-0.2, 0) is 0 Å². The maximum atomic E-state index is 5.77. The van der Waals surface area contributed by atoms with E-state index in [4.69, 9.17) is 17.3 Å². The molecule has 1 nitrogen and oxygen atoms in total. The average Bonchev–Trinajstić information content (AvgIpc) is 2.01. The van der Waals surface area contributed by atoms with Crippen molar-refractivity contribution in [1.29, 1.82) is 0 Å². The molecule has 0 saturated heterocycles. The Morgan fingerprint density at radius 2 is 2.09 bits per heavy atom. The van der Waals surface area contributed by atoms with E-state index >= 15 is 0 Å². The fraction of sp³-hybridized carbons (Fsp3) is 0.333. The van der Waals surface area contributed by atoms with Crippen molar-refractivity contribution >= 4 is 11.6 Å². The molecule has 0 aromatic carbocycles. The zero-order valence-corrected chi connectivity index (χ0v) is 7.73. The van der Waals surface area contributed by atoms with Crippen LogP contribution in [0.3, 0.4) is 0 Å². The van der Waals surface area contributed by atoms with Gasteiger partial charge in [-0.1, -0.05) is 30.7 Å². The molecule has 0 spiro atoms. The summed E-state index contributed by atoms with van der Waals surface area (Å²) in [6.07, 6.45) is 8.28. The van der Waals surface area contributed by atoms with Crippen LogP contribution in [0.1, 0.15) is 20.3 Å². The molecule has 0 saturated carbocycles. The third-order valence-electron chi connectivity index (χ3n) is 1.17. The molecule has 0 rings (SSSR count). The van der Waals surface area contributed by atoms with Crippen molar-refractivity contribution in [2.75, 3.05) is 0 Å². The predicted octanol–water partition coefficient (Wildman–Crippen LogP) is 2.94. The van der Waals surface area contributed by atoms with Crippen LogP contribution in [0.15, 0.2) is 35.0 Å². The molecule has 0 unspecified atom stereocenters. The van der Waals surface area contributed by atoms with Gasteiger partial charge in [-0.2, -0.15) is 0 Å². The minimum atomic E-state index is 0.729. The van der Waals surface area contributed by atoms with E-state index < -0.39 is 0 Å². The van der Waals surface area contributed by atoms with E-state index in [1.807, 2.05) is 26.0 Å². The molecule has 11 heavy (non-hydrogen) atoms. The third-order valence-corrected chi connectivity index (χ3v) is 1.45. The highest BCUT2D eigenvalue weighted by Gasteiger charge is 1.82. The van der Waals surface area contributed by atoms with Gasteiger partial charge in [0.15, 0.2) is 0 Å². The lowest BCUT2D eigenvalue weighted by atomic mass is 10.3. The highest BCUT2D eigenvalue weighted by Crippen LogP contribution is 2.05. The minimum absolute atomic E-state index is 0.729. The summed E-state index contributed by atoms with van der Waals surface area (Å²) >= 11 is 5.77. The first-order chi connectivity index (χ1) is 5.20. The quantitative estimate of drug-likeness (QED) is 0.650. The largest absolute Gasteiger partial charge is 0.399 e. The van der Waals surface area contributed by atoms with E-state index in [0.717, 1.165) is 17.2 Å². The van der Waals surface area contributed by atoms with Gasteiger partial charge in [0.05, 0.1) is 0 Å². The molecule has 0 aliphatic carbocycles. The van der Waals surface area contributed by atoms with Gasteiger partial charge in [0.1, 0.15) is 0 Å². The van der Waals surface area contributed by atoms with Crippen molar-refractivity contribution in [3.05, 3.63) is 35.0 Å². The Balaban J connectivity index is 4.03. The second kappa shape index (κ2) is 6.05. The smallest absolute Gasteiger partial charge is 0.0366 e. The standard InChI is InChI=1S/C9H14ClN/c1-3-5-8(10)6-7-9(11)4-2/h4-7H,3,11H2,1-2H3/b7-6-,8-5+,9-4+. The van der Waals surface area contributed by atoms with E-state index in [0.29, 0.717) is 0 Å². The summed E-state index contributed by atoms with van der Waals surface area (Å²) in [6.45, 7) is 3.92. The fourth-order valence-electron chi connectivity index (χ4n) is 0.535. The zero-order valence-electron chi connectivity index (χ0n) is 6.97. The summed E-state index contributed by atoms with van der Waals surface area (Å²) in [5, 5.41) is 0.734. The molecule has 0 aromatic heterocycles. The molecule has 0 aliphatic rings. The van der Waals surface area contributed by atoms with Crippen LogP contribution in [0.5, 0.6) is 0 Å². The topological polar surface area (TPSA) is 26.0 Å². The van der Waals surface area contributed by atoms with E-state index in [9.17, 15) is 0 Å². The van der Waals surface area contributed by atoms with Crippen molar-refractivity contribution in [3.63, 3.8) is 0 Å². The normalized spacial score (nSPS) is 14.5. The zero-order chi connectivity index (χ0) is 8.69. The Morgan fingerprint density at radius 1 is 1.45 bits per heavy atom. The van der Waals surface area contributed by atoms with Crippen LogP contribution in [0.4, 0.5) is 0 Å². The fourth-order valence-corrected chi connectivity index (χ4v) is 0.752. The van der Waals surface area contributed by atoms with Crippen molar-refractivity contribution in [2.24, 2.45) is 5.73 Å². The van der Waals surface area contributed by atoms with Gasteiger partial charge in [0.2, 0.25) is 0 Å². The lowest BCUT2D eigenvalue weighted by Crippen LogP contribution is -1.90. The number of hydrogen-bond donors (Lipinski definition) is 1. The Kier molecular flexibility index (Phi) is 5.67. The lowest BCUT2D eigenvalue weighted by Gasteiger charge is -1.89. The van der Waals surface area contributed by atoms with Crippen LogP contribution in [-0.4, -0.2) is 0 Å². The van der Waals surface area contributed by atoms with Crippen molar-refractivity contribution < 1.29 is 0 Å². The molecular formula is C9H14ClN. The van der Waals surface area contributed by atoms with Gasteiger partial charge in [-0.3, -0.25) is 0 Å². The first-order valence-corrected chi connectivity index (χ1v) is 4.04. The Hall–Kier alpha value is -0.690. The summed E-state index contributed by atoms with van der Waals surface area (Å²) in [7, 11) is 0. The lowest BCUT2D eigenvalue weighted by molar-refractivity contribution is 1.22. The summed E-state index contributed by atoms with van der Waals surface area (Å²) in [5.41, 5.74) is 6.24. The molecule has 0 aromatic rings. The third kappa shape index (κ3) is 5.74. The molecular weight excluding hydrogens is 158 g/mol. The van der Waals surface area contributed by atoms with Gasteiger partial charge in [0, 0.05) is 10.7 Å². The molecule has 0 amide bonds. The molecule has 2 heteroatoms. The Morgan fingerprint density at radius 3 is 2.55 bits per heavy atom. The number of halogens is 1. The van der Waals surface area contributed by atoms with Gasteiger partial charge < -0.3 is 5.73 Å². The van der Waals surface area contributed by atoms with Crippen LogP contribution in [0.2, 0.25) is 0 Å². The van der Waals surface area contributed by atoms with E-state index in [-0.39, 0.29) is 0 Å². The monoisotopic (exact) mass is 171 g/mol. The molecule has 0 fully saturated rings. The second-order valence-electron chi connectivity index (χ2n) is 2.12. The van der Waals surface area contributed by atoms with Crippen LogP contribution >= 0.6 is 11.6 Å². The van der Waals surface area contributed by atoms with E-state index in [1.54, 1.807) is 12.2 Å². The van der Waals surface area contributed by atoms with Gasteiger partial charge >= 0.3 is 0 Å². The summed E-state index contributed by atoms with van der Waals surface area (Å²) < 4.78 is 0. The predicted molar refractivity (Wildman–Crippen MR) is 51.3 cm³/mol. The van der Waals surface area contributed by atoms with Crippen LogP contribution in [0, 0.1) is 0 Å².